The van der Waals surface area contributed by atoms with Gasteiger partial charge < -0.3 is 30.7 Å². The second-order valence-corrected chi connectivity index (χ2v) is 9.95. The number of nitrogens with two attached hydrogens (primary N) is 1. The Hall–Kier alpha value is -2.88. The molecule has 1 saturated heterocycles. The largest absolute Gasteiger partial charge is 0.496 e. The maximum Gasteiger partial charge on any atom is 0.255 e. The van der Waals surface area contributed by atoms with Crippen LogP contribution >= 0.6 is 11.6 Å². The topological polar surface area (TPSA) is 119 Å². The van der Waals surface area contributed by atoms with Crippen LogP contribution in [0.1, 0.15) is 53.7 Å². The third kappa shape index (κ3) is 8.31. The van der Waals surface area contributed by atoms with Crippen LogP contribution < -0.4 is 21.1 Å². The molecule has 4 N–H and O–H groups in total. The lowest BCUT2D eigenvalue weighted by Gasteiger charge is -2.38. The predicted molar refractivity (Wildman–Crippen MR) is 146 cm³/mol. The zero-order valence-electron chi connectivity index (χ0n) is 22.1. The van der Waals surface area contributed by atoms with Crippen LogP contribution in [0, 0.1) is 13.8 Å². The summed E-state index contributed by atoms with van der Waals surface area (Å²) in [6, 6.07) is 6.81. The monoisotopic (exact) mass is 531 g/mol. The van der Waals surface area contributed by atoms with Crippen LogP contribution in [0.2, 0.25) is 5.02 Å². The van der Waals surface area contributed by atoms with Gasteiger partial charge in [-0.3, -0.25) is 9.59 Å². The van der Waals surface area contributed by atoms with Crippen molar-refractivity contribution in [1.82, 2.24) is 15.2 Å². The molecular weight excluding hydrogens is 494 g/mol. The van der Waals surface area contributed by atoms with Gasteiger partial charge in [-0.2, -0.15) is 0 Å². The van der Waals surface area contributed by atoms with E-state index in [4.69, 9.17) is 26.8 Å². The van der Waals surface area contributed by atoms with Crippen molar-refractivity contribution in [2.75, 3.05) is 44.9 Å². The molecule has 1 aromatic carbocycles. The van der Waals surface area contributed by atoms with Crippen LogP contribution in [0.3, 0.4) is 0 Å². The van der Waals surface area contributed by atoms with Gasteiger partial charge in [-0.15, -0.1) is 0 Å². The molecule has 2 heterocycles. The lowest BCUT2D eigenvalue weighted by Crippen LogP contribution is -2.54. The first-order valence-electron chi connectivity index (χ1n) is 12.6. The molecule has 2 aromatic rings. The highest BCUT2D eigenvalue weighted by atomic mass is 35.5. The summed E-state index contributed by atoms with van der Waals surface area (Å²) in [5.41, 5.74) is 8.50. The zero-order chi connectivity index (χ0) is 26.9. The molecule has 37 heavy (non-hydrogen) atoms. The summed E-state index contributed by atoms with van der Waals surface area (Å²) < 4.78 is 11.0. The van der Waals surface area contributed by atoms with E-state index in [1.54, 1.807) is 13.2 Å². The number of benzene rings is 1. The number of halogens is 1. The van der Waals surface area contributed by atoms with E-state index in [1.807, 2.05) is 26.0 Å². The molecule has 202 valence electrons. The number of hydrogen-bond acceptors (Lipinski definition) is 7. The molecule has 0 radical (unpaired) electrons. The molecule has 0 spiro atoms. The standard InChI is InChI=1S/C27H38ClN5O4/c1-17-12-18(2)30-25(13-17)32-26(34)8-6-5-7-10-33-11-9-22(24(16-33)37-4)31-27(35)19-14-20(28)21(29)15-23(19)36-3/h12-15,22,24H,5-11,16,29H2,1-4H3,(H,31,35)(H,30,32,34)/t22-,24+/m1/s1. The number of aryl methyl sites for hydroxylation is 2. The third-order valence-corrected chi connectivity index (χ3v) is 6.90. The summed E-state index contributed by atoms with van der Waals surface area (Å²) in [5, 5.41) is 6.27. The molecule has 1 aromatic heterocycles. The molecule has 1 aliphatic rings. The van der Waals surface area contributed by atoms with Gasteiger partial charge in [0.25, 0.3) is 5.91 Å². The molecule has 0 saturated carbocycles. The van der Waals surface area contributed by atoms with E-state index >= 15 is 0 Å². The van der Waals surface area contributed by atoms with Crippen LogP contribution in [-0.2, 0) is 9.53 Å². The van der Waals surface area contributed by atoms with Gasteiger partial charge in [-0.25, -0.2) is 4.98 Å². The predicted octanol–water partition coefficient (Wildman–Crippen LogP) is 3.96. The maximum atomic E-state index is 13.0. The van der Waals surface area contributed by atoms with Crippen LogP contribution in [0.4, 0.5) is 11.5 Å². The minimum absolute atomic E-state index is 0.00692. The van der Waals surface area contributed by atoms with E-state index in [-0.39, 0.29) is 24.0 Å². The highest BCUT2D eigenvalue weighted by molar-refractivity contribution is 6.33. The first-order chi connectivity index (χ1) is 17.7. The van der Waals surface area contributed by atoms with Crippen molar-refractivity contribution in [3.8, 4) is 5.75 Å². The Balaban J connectivity index is 1.40. The molecular formula is C27H38ClN5O4. The molecule has 0 aliphatic carbocycles. The van der Waals surface area contributed by atoms with Gasteiger partial charge in [0.1, 0.15) is 11.6 Å². The number of unbranched alkanes of at least 4 members (excludes halogenated alkanes) is 2. The number of carbonyl (C=O) groups excluding carboxylic acids is 2. The van der Waals surface area contributed by atoms with Gasteiger partial charge in [-0.1, -0.05) is 18.0 Å². The van der Waals surface area contributed by atoms with E-state index in [2.05, 4.69) is 20.5 Å². The number of piperidine rings is 1. The molecule has 1 aliphatic heterocycles. The molecule has 1 fully saturated rings. The lowest BCUT2D eigenvalue weighted by molar-refractivity contribution is -0.116. The fraction of sp³-hybridized carbons (Fsp3) is 0.519. The summed E-state index contributed by atoms with van der Waals surface area (Å²) in [7, 11) is 3.15. The van der Waals surface area contributed by atoms with Crippen molar-refractivity contribution in [1.29, 1.82) is 0 Å². The second kappa shape index (κ2) is 13.6. The van der Waals surface area contributed by atoms with E-state index in [1.165, 1.54) is 13.2 Å². The minimum atomic E-state index is -0.270. The van der Waals surface area contributed by atoms with E-state index in [0.29, 0.717) is 34.3 Å². The fourth-order valence-corrected chi connectivity index (χ4v) is 4.82. The Labute approximate surface area is 224 Å². The third-order valence-electron chi connectivity index (χ3n) is 6.57. The average Bonchev–Trinajstić information content (AvgIpc) is 2.85. The normalized spacial score (nSPS) is 17.9. The van der Waals surface area contributed by atoms with E-state index in [0.717, 1.165) is 56.6 Å². The Morgan fingerprint density at radius 3 is 2.65 bits per heavy atom. The summed E-state index contributed by atoms with van der Waals surface area (Å²) in [6.07, 6.45) is 3.87. The number of anilines is 2. The van der Waals surface area contributed by atoms with Crippen molar-refractivity contribution in [3.05, 3.63) is 46.1 Å². The van der Waals surface area contributed by atoms with E-state index < -0.39 is 0 Å². The van der Waals surface area contributed by atoms with Gasteiger partial charge in [-0.05, 0) is 63.4 Å². The van der Waals surface area contributed by atoms with Crippen molar-refractivity contribution < 1.29 is 19.1 Å². The summed E-state index contributed by atoms with van der Waals surface area (Å²) in [5.74, 6) is 0.715. The summed E-state index contributed by atoms with van der Waals surface area (Å²) in [4.78, 5) is 31.9. The first-order valence-corrected chi connectivity index (χ1v) is 13.0. The zero-order valence-corrected chi connectivity index (χ0v) is 22.9. The number of rotatable bonds is 11. The van der Waals surface area contributed by atoms with Gasteiger partial charge in [0.05, 0.1) is 35.5 Å². The van der Waals surface area contributed by atoms with Crippen molar-refractivity contribution >= 4 is 34.9 Å². The van der Waals surface area contributed by atoms with Gasteiger partial charge >= 0.3 is 0 Å². The molecule has 0 unspecified atom stereocenters. The number of hydrogen-bond donors (Lipinski definition) is 3. The lowest BCUT2D eigenvalue weighted by atomic mass is 10.00. The number of nitrogens with one attached hydrogen (secondary N) is 2. The summed E-state index contributed by atoms with van der Waals surface area (Å²) >= 11 is 6.12. The highest BCUT2D eigenvalue weighted by Crippen LogP contribution is 2.29. The number of ether oxygens (including phenoxy) is 2. The molecule has 10 heteroatoms. The Morgan fingerprint density at radius 2 is 1.95 bits per heavy atom. The van der Waals surface area contributed by atoms with Gasteiger partial charge in [0.15, 0.2) is 0 Å². The molecule has 2 atom stereocenters. The summed E-state index contributed by atoms with van der Waals surface area (Å²) in [6.45, 7) is 6.40. The Kier molecular flexibility index (Phi) is 10.5. The Bertz CT molecular complexity index is 1080. The molecule has 3 rings (SSSR count). The van der Waals surface area contributed by atoms with E-state index in [9.17, 15) is 9.59 Å². The maximum absolute atomic E-state index is 13.0. The number of amides is 2. The Morgan fingerprint density at radius 1 is 1.16 bits per heavy atom. The highest BCUT2D eigenvalue weighted by Gasteiger charge is 2.31. The van der Waals surface area contributed by atoms with Crippen molar-refractivity contribution in [2.45, 2.75) is 58.1 Å². The number of nitrogen functional groups attached to an aromatic ring is 1. The van der Waals surface area contributed by atoms with Crippen LogP contribution in [0.5, 0.6) is 5.75 Å². The average molecular weight is 532 g/mol. The number of carbonyl (C=O) groups is 2. The number of likely N-dealkylation sites (tertiary alicyclic amines) is 1. The molecule has 9 nitrogen and oxygen atoms in total. The van der Waals surface area contributed by atoms with Crippen LogP contribution in [0.15, 0.2) is 24.3 Å². The van der Waals surface area contributed by atoms with Gasteiger partial charge in [0.2, 0.25) is 5.91 Å². The second-order valence-electron chi connectivity index (χ2n) is 9.55. The van der Waals surface area contributed by atoms with Crippen molar-refractivity contribution in [3.63, 3.8) is 0 Å². The van der Waals surface area contributed by atoms with Crippen molar-refractivity contribution in [2.24, 2.45) is 0 Å². The quantitative estimate of drug-likeness (QED) is 0.296. The number of pyridine rings is 1. The minimum Gasteiger partial charge on any atom is -0.496 e. The van der Waals surface area contributed by atoms with Crippen LogP contribution in [-0.4, -0.2) is 67.7 Å². The first kappa shape index (κ1) is 28.7. The molecule has 2 amide bonds. The number of methoxy groups -OCH3 is 2. The smallest absolute Gasteiger partial charge is 0.255 e. The molecule has 0 bridgehead atoms. The fourth-order valence-electron chi connectivity index (χ4n) is 4.66. The SMILES string of the molecule is COc1cc(N)c(Cl)cc1C(=O)N[C@@H]1CCN(CCCCCC(=O)Nc2cc(C)cc(C)n2)C[C@@H]1OC. The van der Waals surface area contributed by atoms with Crippen LogP contribution in [0.25, 0.3) is 0 Å². The number of nitrogens with zero attached hydrogens (tertiary/aromatic N) is 2. The number of aromatic nitrogens is 1. The van der Waals surface area contributed by atoms with Gasteiger partial charge in [0, 0.05) is 38.4 Å².